The van der Waals surface area contributed by atoms with Gasteiger partial charge in [0.15, 0.2) is 5.76 Å². The van der Waals surface area contributed by atoms with Crippen LogP contribution >= 0.6 is 11.3 Å². The summed E-state index contributed by atoms with van der Waals surface area (Å²) in [4.78, 5) is 34.7. The van der Waals surface area contributed by atoms with Crippen LogP contribution in [0, 0.1) is 0 Å². The lowest BCUT2D eigenvalue weighted by atomic mass is 9.97. The van der Waals surface area contributed by atoms with E-state index in [0.29, 0.717) is 24.5 Å². The standard InChI is InChI=1S/C27H25N3O3S/c31-26(30-13-5-8-18-6-1-3-9-22(18)30)21-17-34-25(28-21)19-11-14-29(15-12-19)27(32)24-16-20-7-2-4-10-23(20)33-24/h1-4,6-7,9-10,16-17,19H,5,8,11-15H2. The third-order valence-corrected chi connectivity index (χ3v) is 7.87. The van der Waals surface area contributed by atoms with Crippen LogP contribution in [-0.4, -0.2) is 41.3 Å². The highest BCUT2D eigenvalue weighted by atomic mass is 32.1. The zero-order valence-electron chi connectivity index (χ0n) is 18.8. The second-order valence-corrected chi connectivity index (χ2v) is 9.86. The molecule has 0 radical (unpaired) electrons. The third kappa shape index (κ3) is 3.80. The van der Waals surface area contributed by atoms with Gasteiger partial charge in [-0.1, -0.05) is 36.4 Å². The normalized spacial score (nSPS) is 16.6. The number of aryl methyl sites for hydroxylation is 1. The van der Waals surface area contributed by atoms with E-state index in [-0.39, 0.29) is 17.7 Å². The number of carbonyl (C=O) groups is 2. The Bertz CT molecular complexity index is 1330. The summed E-state index contributed by atoms with van der Waals surface area (Å²) in [7, 11) is 0. The molecule has 0 bridgehead atoms. The van der Waals surface area contributed by atoms with Gasteiger partial charge in [-0.15, -0.1) is 11.3 Å². The van der Waals surface area contributed by atoms with Gasteiger partial charge in [0.05, 0.1) is 5.01 Å². The number of amides is 2. The number of likely N-dealkylation sites (tertiary alicyclic amines) is 1. The Morgan fingerprint density at radius 1 is 0.971 bits per heavy atom. The van der Waals surface area contributed by atoms with E-state index in [4.69, 9.17) is 9.40 Å². The Balaban J connectivity index is 1.12. The molecule has 4 aromatic rings. The van der Waals surface area contributed by atoms with E-state index >= 15 is 0 Å². The molecule has 0 aliphatic carbocycles. The zero-order chi connectivity index (χ0) is 23.1. The van der Waals surface area contributed by atoms with Gasteiger partial charge in [0.2, 0.25) is 0 Å². The van der Waals surface area contributed by atoms with Crippen molar-refractivity contribution < 1.29 is 14.0 Å². The summed E-state index contributed by atoms with van der Waals surface area (Å²) < 4.78 is 5.76. The van der Waals surface area contributed by atoms with E-state index in [0.717, 1.165) is 53.9 Å². The molecule has 2 aromatic heterocycles. The highest BCUT2D eigenvalue weighted by Crippen LogP contribution is 2.33. The van der Waals surface area contributed by atoms with Crippen LogP contribution in [0.4, 0.5) is 5.69 Å². The first-order valence-corrected chi connectivity index (χ1v) is 12.7. The van der Waals surface area contributed by atoms with Crippen LogP contribution in [0.2, 0.25) is 0 Å². The Hall–Kier alpha value is -3.45. The molecule has 1 fully saturated rings. The number of thiazole rings is 1. The molecule has 2 aliphatic rings. The molecule has 0 atom stereocenters. The maximum atomic E-state index is 13.2. The number of rotatable bonds is 3. The third-order valence-electron chi connectivity index (χ3n) is 6.86. The Morgan fingerprint density at radius 2 is 1.76 bits per heavy atom. The predicted molar refractivity (Wildman–Crippen MR) is 133 cm³/mol. The summed E-state index contributed by atoms with van der Waals surface area (Å²) in [6.45, 7) is 2.04. The van der Waals surface area contributed by atoms with Crippen LogP contribution in [0.5, 0.6) is 0 Å². The fourth-order valence-electron chi connectivity index (χ4n) is 5.03. The van der Waals surface area contributed by atoms with Crippen LogP contribution in [0.25, 0.3) is 11.0 Å². The highest BCUT2D eigenvalue weighted by molar-refractivity contribution is 7.10. The summed E-state index contributed by atoms with van der Waals surface area (Å²) in [5.74, 6) is 0.573. The second-order valence-electron chi connectivity index (χ2n) is 8.97. The molecule has 0 unspecified atom stereocenters. The zero-order valence-corrected chi connectivity index (χ0v) is 19.6. The van der Waals surface area contributed by atoms with Crippen molar-refractivity contribution in [3.8, 4) is 0 Å². The molecule has 34 heavy (non-hydrogen) atoms. The number of hydrogen-bond donors (Lipinski definition) is 0. The fourth-order valence-corrected chi connectivity index (χ4v) is 5.99. The number of furan rings is 1. The predicted octanol–water partition coefficient (Wildman–Crippen LogP) is 5.50. The van der Waals surface area contributed by atoms with Crippen molar-refractivity contribution in [1.29, 1.82) is 0 Å². The number of fused-ring (bicyclic) bond motifs is 2. The van der Waals surface area contributed by atoms with E-state index in [1.807, 2.05) is 63.7 Å². The second kappa shape index (κ2) is 8.72. The number of anilines is 1. The summed E-state index contributed by atoms with van der Waals surface area (Å²) >= 11 is 1.56. The lowest BCUT2D eigenvalue weighted by Gasteiger charge is -2.30. The van der Waals surface area contributed by atoms with Gasteiger partial charge in [-0.25, -0.2) is 4.98 Å². The number of carbonyl (C=O) groups excluding carboxylic acids is 2. The molecule has 1 saturated heterocycles. The number of benzene rings is 2. The van der Waals surface area contributed by atoms with Crippen LogP contribution in [0.15, 0.2) is 64.4 Å². The molecule has 172 valence electrons. The topological polar surface area (TPSA) is 66.7 Å². The molecular weight excluding hydrogens is 446 g/mol. The average molecular weight is 472 g/mol. The van der Waals surface area contributed by atoms with Crippen LogP contribution in [0.3, 0.4) is 0 Å². The minimum Gasteiger partial charge on any atom is -0.451 e. The molecule has 2 amide bonds. The van der Waals surface area contributed by atoms with E-state index in [2.05, 4.69) is 6.07 Å². The van der Waals surface area contributed by atoms with Gasteiger partial charge >= 0.3 is 0 Å². The maximum Gasteiger partial charge on any atom is 0.289 e. The molecule has 0 N–H and O–H groups in total. The molecular formula is C27H25N3O3S. The molecule has 2 aromatic carbocycles. The average Bonchev–Trinajstić information content (AvgIpc) is 3.55. The number of hydrogen-bond acceptors (Lipinski definition) is 5. The van der Waals surface area contributed by atoms with Crippen LogP contribution in [0.1, 0.15) is 56.8 Å². The summed E-state index contributed by atoms with van der Waals surface area (Å²) in [6.07, 6.45) is 3.64. The molecule has 0 spiro atoms. The first-order chi connectivity index (χ1) is 16.7. The summed E-state index contributed by atoms with van der Waals surface area (Å²) in [6, 6.07) is 17.6. The van der Waals surface area contributed by atoms with Crippen molar-refractivity contribution in [2.24, 2.45) is 0 Å². The van der Waals surface area contributed by atoms with Gasteiger partial charge in [-0.2, -0.15) is 0 Å². The van der Waals surface area contributed by atoms with Crippen molar-refractivity contribution in [3.63, 3.8) is 0 Å². The number of piperidine rings is 1. The van der Waals surface area contributed by atoms with Crippen molar-refractivity contribution in [2.45, 2.75) is 31.6 Å². The summed E-state index contributed by atoms with van der Waals surface area (Å²) in [5, 5.41) is 3.82. The van der Waals surface area contributed by atoms with Crippen molar-refractivity contribution in [2.75, 3.05) is 24.5 Å². The lowest BCUT2D eigenvalue weighted by molar-refractivity contribution is 0.0683. The van der Waals surface area contributed by atoms with Crippen molar-refractivity contribution in [3.05, 3.63) is 82.0 Å². The van der Waals surface area contributed by atoms with Gasteiger partial charge in [0.1, 0.15) is 11.3 Å². The first kappa shape index (κ1) is 21.1. The minimum atomic E-state index is -0.0616. The van der Waals surface area contributed by atoms with E-state index in [1.165, 1.54) is 5.56 Å². The fraction of sp³-hybridized carbons (Fsp3) is 0.296. The quantitative estimate of drug-likeness (QED) is 0.396. The Morgan fingerprint density at radius 3 is 2.62 bits per heavy atom. The largest absolute Gasteiger partial charge is 0.451 e. The van der Waals surface area contributed by atoms with Crippen molar-refractivity contribution in [1.82, 2.24) is 9.88 Å². The molecule has 2 aliphatic heterocycles. The van der Waals surface area contributed by atoms with Gasteiger partial charge in [0, 0.05) is 42.0 Å². The SMILES string of the molecule is O=C(c1cc2ccccc2o1)N1CCC(c2nc(C(=O)N3CCCc4ccccc43)cs2)CC1. The van der Waals surface area contributed by atoms with Gasteiger partial charge in [-0.05, 0) is 49.4 Å². The van der Waals surface area contributed by atoms with E-state index in [9.17, 15) is 9.59 Å². The Kier molecular flexibility index (Phi) is 5.41. The van der Waals surface area contributed by atoms with E-state index < -0.39 is 0 Å². The van der Waals surface area contributed by atoms with Gasteiger partial charge in [0.25, 0.3) is 11.8 Å². The summed E-state index contributed by atoms with van der Waals surface area (Å²) in [5.41, 5.74) is 3.49. The monoisotopic (exact) mass is 471 g/mol. The van der Waals surface area contributed by atoms with Crippen molar-refractivity contribution >= 4 is 39.8 Å². The molecule has 7 heteroatoms. The van der Waals surface area contributed by atoms with Gasteiger partial charge < -0.3 is 14.2 Å². The molecule has 6 rings (SSSR count). The van der Waals surface area contributed by atoms with Crippen LogP contribution < -0.4 is 4.90 Å². The van der Waals surface area contributed by atoms with Gasteiger partial charge in [-0.3, -0.25) is 9.59 Å². The van der Waals surface area contributed by atoms with Crippen LogP contribution in [-0.2, 0) is 6.42 Å². The highest BCUT2D eigenvalue weighted by Gasteiger charge is 2.30. The smallest absolute Gasteiger partial charge is 0.289 e. The lowest BCUT2D eigenvalue weighted by Crippen LogP contribution is -2.37. The number of aromatic nitrogens is 1. The Labute approximate surface area is 201 Å². The molecule has 0 saturated carbocycles. The first-order valence-electron chi connectivity index (χ1n) is 11.8. The maximum absolute atomic E-state index is 13.2. The number of para-hydroxylation sites is 2. The minimum absolute atomic E-state index is 0.0212. The number of nitrogens with zero attached hydrogens (tertiary/aromatic N) is 3. The molecule has 6 nitrogen and oxygen atoms in total. The van der Waals surface area contributed by atoms with E-state index in [1.54, 1.807) is 11.3 Å². The molecule has 4 heterocycles.